The smallest absolute Gasteiger partial charge is 0.344 e. The summed E-state index contributed by atoms with van der Waals surface area (Å²) in [6.07, 6.45) is 2.91. The van der Waals surface area contributed by atoms with Crippen LogP contribution in [0, 0.1) is 5.92 Å². The van der Waals surface area contributed by atoms with Crippen LogP contribution in [0.15, 0.2) is 27.1 Å². The summed E-state index contributed by atoms with van der Waals surface area (Å²) in [6, 6.07) is 4.78. The van der Waals surface area contributed by atoms with Crippen LogP contribution in [-0.4, -0.2) is 35.0 Å². The van der Waals surface area contributed by atoms with Gasteiger partial charge in [-0.3, -0.25) is 15.0 Å². The first-order valence-corrected chi connectivity index (χ1v) is 9.94. The lowest BCUT2D eigenvalue weighted by molar-refractivity contribution is -0.140. The Bertz CT molecular complexity index is 727. The van der Waals surface area contributed by atoms with Gasteiger partial charge in [0.15, 0.2) is 6.61 Å². The number of nitrogens with zero attached hydrogens (tertiary/aromatic N) is 1. The number of nitrogens with one attached hydrogen (secondary N) is 2. The van der Waals surface area contributed by atoms with E-state index in [1.807, 2.05) is 6.07 Å². The SMILES string of the molecule is CC1CCC2(CC1)NC(=O)N(NC(=O)COc1c(Br)cccc1Br)C2=O. The first kappa shape index (κ1) is 19.2. The first-order valence-electron chi connectivity index (χ1n) is 8.35. The third kappa shape index (κ3) is 3.73. The van der Waals surface area contributed by atoms with Crippen molar-refractivity contribution in [2.24, 2.45) is 5.92 Å². The van der Waals surface area contributed by atoms with Gasteiger partial charge >= 0.3 is 6.03 Å². The van der Waals surface area contributed by atoms with E-state index in [0.717, 1.165) is 17.9 Å². The molecule has 0 radical (unpaired) electrons. The Balaban J connectivity index is 1.61. The van der Waals surface area contributed by atoms with Crippen LogP contribution < -0.4 is 15.5 Å². The highest BCUT2D eigenvalue weighted by Gasteiger charge is 2.52. The Morgan fingerprint density at radius 3 is 2.54 bits per heavy atom. The topological polar surface area (TPSA) is 87.7 Å². The maximum Gasteiger partial charge on any atom is 0.344 e. The molecule has 140 valence electrons. The molecule has 1 aliphatic heterocycles. The second kappa shape index (κ2) is 7.56. The molecular weight excluding hydrogens is 470 g/mol. The van der Waals surface area contributed by atoms with Gasteiger partial charge in [0.25, 0.3) is 11.8 Å². The zero-order chi connectivity index (χ0) is 18.9. The van der Waals surface area contributed by atoms with Crippen LogP contribution >= 0.6 is 31.9 Å². The number of amides is 4. The molecule has 1 spiro atoms. The normalized spacial score (nSPS) is 25.3. The van der Waals surface area contributed by atoms with Crippen molar-refractivity contribution in [1.82, 2.24) is 15.8 Å². The number of benzene rings is 1. The minimum Gasteiger partial charge on any atom is -0.481 e. The predicted molar refractivity (Wildman–Crippen MR) is 101 cm³/mol. The van der Waals surface area contributed by atoms with Gasteiger partial charge in [-0.1, -0.05) is 13.0 Å². The van der Waals surface area contributed by atoms with Crippen LogP contribution in [0.25, 0.3) is 0 Å². The zero-order valence-electron chi connectivity index (χ0n) is 14.2. The van der Waals surface area contributed by atoms with E-state index >= 15 is 0 Å². The molecule has 0 aromatic heterocycles. The molecule has 2 N–H and O–H groups in total. The summed E-state index contributed by atoms with van der Waals surface area (Å²) in [7, 11) is 0. The van der Waals surface area contributed by atoms with Gasteiger partial charge in [-0.25, -0.2) is 4.79 Å². The third-order valence-corrected chi connectivity index (χ3v) is 6.04. The standard InChI is InChI=1S/C17H19Br2N3O4/c1-10-5-7-17(8-6-10)15(24)22(16(25)20-17)21-13(23)9-26-14-11(18)3-2-4-12(14)19/h2-4,10H,5-9H2,1H3,(H,20,25)(H,21,23). The van der Waals surface area contributed by atoms with Gasteiger partial charge in [-0.05, 0) is 75.6 Å². The lowest BCUT2D eigenvalue weighted by atomic mass is 9.77. The van der Waals surface area contributed by atoms with Crippen molar-refractivity contribution in [2.75, 3.05) is 6.61 Å². The van der Waals surface area contributed by atoms with Crippen LogP contribution in [0.4, 0.5) is 4.79 Å². The molecular formula is C17H19Br2N3O4. The number of urea groups is 1. The number of para-hydroxylation sites is 1. The molecule has 1 aliphatic carbocycles. The van der Waals surface area contributed by atoms with Crippen LogP contribution in [-0.2, 0) is 9.59 Å². The number of imide groups is 1. The molecule has 2 fully saturated rings. The van der Waals surface area contributed by atoms with Crippen LogP contribution in [0.5, 0.6) is 5.75 Å². The summed E-state index contributed by atoms with van der Waals surface area (Å²) >= 11 is 6.68. The number of halogens is 2. The summed E-state index contributed by atoms with van der Waals surface area (Å²) in [5.41, 5.74) is 1.46. The van der Waals surface area contributed by atoms with Gasteiger partial charge in [-0.15, -0.1) is 0 Å². The summed E-state index contributed by atoms with van der Waals surface area (Å²) in [6.45, 7) is 1.80. The number of hydrazine groups is 1. The number of ether oxygens (including phenoxy) is 1. The molecule has 1 saturated heterocycles. The number of hydrogen-bond donors (Lipinski definition) is 2. The van der Waals surface area contributed by atoms with Crippen molar-refractivity contribution >= 4 is 49.7 Å². The number of hydrogen-bond acceptors (Lipinski definition) is 4. The Morgan fingerprint density at radius 2 is 1.92 bits per heavy atom. The second-order valence-corrected chi connectivity index (χ2v) is 8.42. The van der Waals surface area contributed by atoms with Crippen molar-refractivity contribution in [3.63, 3.8) is 0 Å². The van der Waals surface area contributed by atoms with E-state index in [9.17, 15) is 14.4 Å². The number of carbonyl (C=O) groups is 3. The lowest BCUT2D eigenvalue weighted by Crippen LogP contribution is -2.52. The van der Waals surface area contributed by atoms with Crippen LogP contribution in [0.3, 0.4) is 0 Å². The quantitative estimate of drug-likeness (QED) is 0.637. The van der Waals surface area contributed by atoms with Gasteiger partial charge in [0.05, 0.1) is 8.95 Å². The molecule has 1 aromatic carbocycles. The van der Waals surface area contributed by atoms with E-state index < -0.39 is 23.4 Å². The fourth-order valence-electron chi connectivity index (χ4n) is 3.23. The van der Waals surface area contributed by atoms with E-state index in [2.05, 4.69) is 49.5 Å². The fraction of sp³-hybridized carbons (Fsp3) is 0.471. The van der Waals surface area contributed by atoms with Crippen LogP contribution in [0.1, 0.15) is 32.6 Å². The maximum absolute atomic E-state index is 12.7. The van der Waals surface area contributed by atoms with Gasteiger partial charge in [-0.2, -0.15) is 5.01 Å². The molecule has 1 aromatic rings. The van der Waals surface area contributed by atoms with E-state index in [1.165, 1.54) is 0 Å². The fourth-order valence-corrected chi connectivity index (χ4v) is 4.46. The Hall–Kier alpha value is -1.61. The van der Waals surface area contributed by atoms with Crippen molar-refractivity contribution in [2.45, 2.75) is 38.1 Å². The van der Waals surface area contributed by atoms with Crippen molar-refractivity contribution < 1.29 is 19.1 Å². The van der Waals surface area contributed by atoms with E-state index in [-0.39, 0.29) is 6.61 Å². The summed E-state index contributed by atoms with van der Waals surface area (Å²) < 4.78 is 6.86. The van der Waals surface area contributed by atoms with Gasteiger partial charge in [0.2, 0.25) is 0 Å². The minimum atomic E-state index is -0.886. The molecule has 9 heteroatoms. The summed E-state index contributed by atoms with van der Waals surface area (Å²) in [5, 5.41) is 3.53. The summed E-state index contributed by atoms with van der Waals surface area (Å²) in [5.74, 6) is 0.0184. The Labute approximate surface area is 168 Å². The van der Waals surface area contributed by atoms with Crippen molar-refractivity contribution in [3.8, 4) is 5.75 Å². The van der Waals surface area contributed by atoms with E-state index in [1.54, 1.807) is 12.1 Å². The highest BCUT2D eigenvalue weighted by Crippen LogP contribution is 2.36. The zero-order valence-corrected chi connectivity index (χ0v) is 17.4. The molecule has 1 heterocycles. The average molecular weight is 489 g/mol. The second-order valence-electron chi connectivity index (χ2n) is 6.71. The van der Waals surface area contributed by atoms with Crippen LogP contribution in [0.2, 0.25) is 0 Å². The maximum atomic E-state index is 12.7. The van der Waals surface area contributed by atoms with Gasteiger partial charge in [0, 0.05) is 0 Å². The molecule has 4 amide bonds. The molecule has 0 atom stereocenters. The average Bonchev–Trinajstić information content (AvgIpc) is 2.82. The van der Waals surface area contributed by atoms with Crippen molar-refractivity contribution in [3.05, 3.63) is 27.1 Å². The summed E-state index contributed by atoms with van der Waals surface area (Å²) in [4.78, 5) is 37.0. The Kier molecular flexibility index (Phi) is 5.57. The predicted octanol–water partition coefficient (Wildman–Crippen LogP) is 3.12. The number of carbonyl (C=O) groups excluding carboxylic acids is 3. The third-order valence-electron chi connectivity index (χ3n) is 4.79. The Morgan fingerprint density at radius 1 is 1.31 bits per heavy atom. The van der Waals surface area contributed by atoms with E-state index in [0.29, 0.717) is 33.5 Å². The highest BCUT2D eigenvalue weighted by molar-refractivity contribution is 9.11. The van der Waals surface area contributed by atoms with Crippen molar-refractivity contribution in [1.29, 1.82) is 0 Å². The number of rotatable bonds is 4. The molecule has 2 aliphatic rings. The molecule has 0 unspecified atom stereocenters. The van der Waals surface area contributed by atoms with Gasteiger partial charge < -0.3 is 10.1 Å². The molecule has 3 rings (SSSR count). The molecule has 26 heavy (non-hydrogen) atoms. The minimum absolute atomic E-state index is 0.331. The molecule has 0 bridgehead atoms. The highest BCUT2D eigenvalue weighted by atomic mass is 79.9. The van der Waals surface area contributed by atoms with E-state index in [4.69, 9.17) is 4.74 Å². The first-order chi connectivity index (χ1) is 12.3. The molecule has 7 nitrogen and oxygen atoms in total. The molecule has 1 saturated carbocycles. The van der Waals surface area contributed by atoms with Gasteiger partial charge in [0.1, 0.15) is 11.3 Å². The largest absolute Gasteiger partial charge is 0.481 e. The lowest BCUT2D eigenvalue weighted by Gasteiger charge is -2.33. The monoisotopic (exact) mass is 487 g/mol.